The molecule has 1 saturated carbocycles. The van der Waals surface area contributed by atoms with Crippen LogP contribution in [0.25, 0.3) is 0 Å². The molecule has 0 radical (unpaired) electrons. The standard InChI is InChI=1S/C14H22N2O4S/c1-3-10(2)20-14(17)13-8-12(21(15,18)19)9-16(13)11-6-4-5-7-11/h8-11H,3-7H2,1-2H3,(H2,15,18,19). The van der Waals surface area contributed by atoms with Crippen molar-refractivity contribution in [2.45, 2.75) is 63.0 Å². The second kappa shape index (κ2) is 6.19. The highest BCUT2D eigenvalue weighted by molar-refractivity contribution is 7.89. The van der Waals surface area contributed by atoms with Gasteiger partial charge in [-0.05, 0) is 32.3 Å². The fourth-order valence-electron chi connectivity index (χ4n) is 2.58. The average Bonchev–Trinajstić information content (AvgIpc) is 3.06. The highest BCUT2D eigenvalue weighted by Crippen LogP contribution is 2.32. The van der Waals surface area contributed by atoms with Crippen LogP contribution in [-0.2, 0) is 14.8 Å². The first-order chi connectivity index (χ1) is 9.82. The van der Waals surface area contributed by atoms with E-state index in [0.717, 1.165) is 25.7 Å². The molecule has 1 aliphatic rings. The predicted molar refractivity (Wildman–Crippen MR) is 78.5 cm³/mol. The number of esters is 1. The highest BCUT2D eigenvalue weighted by Gasteiger charge is 2.26. The Morgan fingerprint density at radius 1 is 1.48 bits per heavy atom. The minimum absolute atomic E-state index is 0.0366. The molecule has 2 N–H and O–H groups in total. The zero-order valence-electron chi connectivity index (χ0n) is 12.4. The summed E-state index contributed by atoms with van der Waals surface area (Å²) >= 11 is 0. The van der Waals surface area contributed by atoms with Gasteiger partial charge in [-0.2, -0.15) is 0 Å². The Bertz CT molecular complexity index is 615. The molecule has 6 nitrogen and oxygen atoms in total. The summed E-state index contributed by atoms with van der Waals surface area (Å²) < 4.78 is 30.1. The molecule has 1 aromatic rings. The van der Waals surface area contributed by atoms with E-state index in [1.807, 2.05) is 6.92 Å². The van der Waals surface area contributed by atoms with E-state index in [1.54, 1.807) is 11.5 Å². The lowest BCUT2D eigenvalue weighted by molar-refractivity contribution is 0.0319. The molecule has 1 unspecified atom stereocenters. The quantitative estimate of drug-likeness (QED) is 0.843. The molecule has 21 heavy (non-hydrogen) atoms. The molecule has 1 atom stereocenters. The van der Waals surface area contributed by atoms with Crippen LogP contribution in [0.2, 0.25) is 0 Å². The summed E-state index contributed by atoms with van der Waals surface area (Å²) in [5.41, 5.74) is 0.270. The van der Waals surface area contributed by atoms with E-state index in [2.05, 4.69) is 0 Å². The Morgan fingerprint density at radius 3 is 2.62 bits per heavy atom. The van der Waals surface area contributed by atoms with Gasteiger partial charge in [-0.15, -0.1) is 0 Å². The van der Waals surface area contributed by atoms with Crippen molar-refractivity contribution in [1.82, 2.24) is 4.57 Å². The smallest absolute Gasteiger partial charge is 0.355 e. The molecule has 0 aliphatic heterocycles. The van der Waals surface area contributed by atoms with Crippen LogP contribution in [-0.4, -0.2) is 25.1 Å². The largest absolute Gasteiger partial charge is 0.458 e. The fraction of sp³-hybridized carbons (Fsp3) is 0.643. The van der Waals surface area contributed by atoms with Gasteiger partial charge in [-0.1, -0.05) is 19.8 Å². The van der Waals surface area contributed by atoms with Crippen LogP contribution in [0.15, 0.2) is 17.2 Å². The Hall–Kier alpha value is -1.34. The van der Waals surface area contributed by atoms with E-state index in [9.17, 15) is 13.2 Å². The zero-order chi connectivity index (χ0) is 15.6. The molecule has 0 saturated heterocycles. The van der Waals surface area contributed by atoms with Gasteiger partial charge in [-0.3, -0.25) is 0 Å². The molecule has 1 heterocycles. The molecule has 2 rings (SSSR count). The zero-order valence-corrected chi connectivity index (χ0v) is 13.2. The third-order valence-corrected chi connectivity index (χ3v) is 4.84. The second-order valence-corrected chi connectivity index (χ2v) is 7.14. The van der Waals surface area contributed by atoms with E-state index in [4.69, 9.17) is 9.88 Å². The van der Waals surface area contributed by atoms with Gasteiger partial charge in [0.15, 0.2) is 0 Å². The highest BCUT2D eigenvalue weighted by atomic mass is 32.2. The van der Waals surface area contributed by atoms with Gasteiger partial charge in [0.25, 0.3) is 0 Å². The van der Waals surface area contributed by atoms with Crippen LogP contribution >= 0.6 is 0 Å². The lowest BCUT2D eigenvalue weighted by atomic mass is 10.2. The van der Waals surface area contributed by atoms with Crippen molar-refractivity contribution in [2.75, 3.05) is 0 Å². The summed E-state index contributed by atoms with van der Waals surface area (Å²) in [5.74, 6) is -0.494. The number of rotatable bonds is 5. The molecule has 7 heteroatoms. The molecule has 1 aliphatic carbocycles. The van der Waals surface area contributed by atoms with Crippen molar-refractivity contribution in [3.8, 4) is 0 Å². The number of carbonyl (C=O) groups is 1. The molecule has 1 fully saturated rings. The number of hydrogen-bond acceptors (Lipinski definition) is 4. The number of carbonyl (C=O) groups excluding carboxylic acids is 1. The third-order valence-electron chi connectivity index (χ3n) is 3.96. The lowest BCUT2D eigenvalue weighted by Gasteiger charge is -2.17. The van der Waals surface area contributed by atoms with Gasteiger partial charge in [0, 0.05) is 12.2 Å². The van der Waals surface area contributed by atoms with Crippen molar-refractivity contribution >= 4 is 16.0 Å². The minimum Gasteiger partial charge on any atom is -0.458 e. The Morgan fingerprint density at radius 2 is 2.10 bits per heavy atom. The summed E-state index contributed by atoms with van der Waals surface area (Å²) in [6.07, 6.45) is 5.98. The van der Waals surface area contributed by atoms with E-state index < -0.39 is 16.0 Å². The molecule has 0 amide bonds. The monoisotopic (exact) mass is 314 g/mol. The molecule has 0 spiro atoms. The number of ether oxygens (including phenoxy) is 1. The first kappa shape index (κ1) is 16.0. The van der Waals surface area contributed by atoms with E-state index >= 15 is 0 Å². The maximum absolute atomic E-state index is 12.3. The van der Waals surface area contributed by atoms with Gasteiger partial charge < -0.3 is 9.30 Å². The van der Waals surface area contributed by atoms with Crippen molar-refractivity contribution < 1.29 is 17.9 Å². The molecule has 1 aromatic heterocycles. The van der Waals surface area contributed by atoms with Gasteiger partial charge in [0.05, 0.1) is 6.10 Å². The van der Waals surface area contributed by atoms with Crippen LogP contribution in [0.1, 0.15) is 62.5 Å². The Balaban J connectivity index is 2.37. The molecule has 118 valence electrons. The number of hydrogen-bond donors (Lipinski definition) is 1. The fourth-order valence-corrected chi connectivity index (χ4v) is 3.12. The summed E-state index contributed by atoms with van der Waals surface area (Å²) in [5, 5.41) is 5.17. The van der Waals surface area contributed by atoms with E-state index in [1.165, 1.54) is 12.3 Å². The number of aromatic nitrogens is 1. The first-order valence-electron chi connectivity index (χ1n) is 7.28. The van der Waals surface area contributed by atoms with Crippen LogP contribution in [0.5, 0.6) is 0 Å². The Labute approximate surface area is 125 Å². The normalized spacial score (nSPS) is 17.9. The van der Waals surface area contributed by atoms with Crippen molar-refractivity contribution in [1.29, 1.82) is 0 Å². The number of nitrogens with two attached hydrogens (primary N) is 1. The number of primary sulfonamides is 1. The predicted octanol–water partition coefficient (Wildman–Crippen LogP) is 2.21. The van der Waals surface area contributed by atoms with Crippen molar-refractivity contribution in [3.05, 3.63) is 18.0 Å². The number of nitrogens with zero attached hydrogens (tertiary/aromatic N) is 1. The second-order valence-electron chi connectivity index (χ2n) is 5.58. The van der Waals surface area contributed by atoms with Gasteiger partial charge in [0.1, 0.15) is 10.6 Å². The Kier molecular flexibility index (Phi) is 4.73. The van der Waals surface area contributed by atoms with Crippen LogP contribution < -0.4 is 5.14 Å². The average molecular weight is 314 g/mol. The van der Waals surface area contributed by atoms with Crippen LogP contribution in [0, 0.1) is 0 Å². The summed E-state index contributed by atoms with van der Waals surface area (Å²) in [6, 6.07) is 1.46. The van der Waals surface area contributed by atoms with E-state index in [0.29, 0.717) is 6.42 Å². The maximum Gasteiger partial charge on any atom is 0.355 e. The topological polar surface area (TPSA) is 91.4 Å². The van der Waals surface area contributed by atoms with Crippen molar-refractivity contribution in [2.24, 2.45) is 5.14 Å². The molecule has 0 aromatic carbocycles. The third kappa shape index (κ3) is 3.65. The molecule has 0 bridgehead atoms. The van der Waals surface area contributed by atoms with Crippen LogP contribution in [0.3, 0.4) is 0 Å². The van der Waals surface area contributed by atoms with Crippen LogP contribution in [0.4, 0.5) is 0 Å². The lowest BCUT2D eigenvalue weighted by Crippen LogP contribution is -2.19. The minimum atomic E-state index is -3.83. The SMILES string of the molecule is CCC(C)OC(=O)c1cc(S(N)(=O)=O)cn1C1CCCC1. The van der Waals surface area contributed by atoms with Crippen molar-refractivity contribution in [3.63, 3.8) is 0 Å². The van der Waals surface area contributed by atoms with Gasteiger partial charge in [-0.25, -0.2) is 18.4 Å². The van der Waals surface area contributed by atoms with E-state index in [-0.39, 0.29) is 22.7 Å². The maximum atomic E-state index is 12.3. The first-order valence-corrected chi connectivity index (χ1v) is 8.83. The summed E-state index contributed by atoms with van der Waals surface area (Å²) in [4.78, 5) is 12.2. The summed E-state index contributed by atoms with van der Waals surface area (Å²) in [6.45, 7) is 3.73. The van der Waals surface area contributed by atoms with Gasteiger partial charge >= 0.3 is 5.97 Å². The summed E-state index contributed by atoms with van der Waals surface area (Å²) in [7, 11) is -3.83. The molecular formula is C14H22N2O4S. The van der Waals surface area contributed by atoms with Gasteiger partial charge in [0.2, 0.25) is 10.0 Å². The molecular weight excluding hydrogens is 292 g/mol. The number of sulfonamides is 1.